The molecule has 0 amide bonds. The standard InChI is InChI=1S/C5H10.2C2H6N.2CH3.Zr/c1-2-4-5-3-1;2*1-3-2;;;/h1-5H2;2*1-2H3;2*1H3;/q;4*-1;+4. The molecule has 0 heterocycles. The van der Waals surface area contributed by atoms with E-state index in [0.717, 1.165) is 0 Å². The Balaban J connectivity index is -0.0000000276. The zero-order valence-electron chi connectivity index (χ0n) is 10.9. The molecule has 1 aliphatic carbocycles. The zero-order valence-corrected chi connectivity index (χ0v) is 13.4. The molecule has 0 spiro atoms. The summed E-state index contributed by atoms with van der Waals surface area (Å²) in [4.78, 5) is 0. The van der Waals surface area contributed by atoms with Crippen molar-refractivity contribution in [3.63, 3.8) is 0 Å². The Labute approximate surface area is 112 Å². The Morgan fingerprint density at radius 2 is 0.643 bits per heavy atom. The number of hydrogen-bond acceptors (Lipinski definition) is 0. The molecule has 1 fully saturated rings. The average molecular weight is 280 g/mol. The van der Waals surface area contributed by atoms with Gasteiger partial charge in [-0.05, 0) is 0 Å². The van der Waals surface area contributed by atoms with Gasteiger partial charge in [0.1, 0.15) is 0 Å². The van der Waals surface area contributed by atoms with Gasteiger partial charge >= 0.3 is 26.2 Å². The molecule has 0 atom stereocenters. The van der Waals surface area contributed by atoms with Gasteiger partial charge in [-0.3, -0.25) is 0 Å². The van der Waals surface area contributed by atoms with Crippen molar-refractivity contribution in [2.45, 2.75) is 32.1 Å². The van der Waals surface area contributed by atoms with Gasteiger partial charge in [-0.25, -0.2) is 0 Å². The van der Waals surface area contributed by atoms with Gasteiger partial charge in [-0.15, -0.1) is 0 Å². The normalized spacial score (nSPS) is 11.1. The number of rotatable bonds is 0. The molecule has 86 valence electrons. The Morgan fingerprint density at radius 1 is 0.571 bits per heavy atom. The molecule has 3 heteroatoms. The van der Waals surface area contributed by atoms with Gasteiger partial charge in [0.25, 0.3) is 0 Å². The summed E-state index contributed by atoms with van der Waals surface area (Å²) in [5, 5.41) is 7.00. The molecule has 1 rings (SSSR count). The summed E-state index contributed by atoms with van der Waals surface area (Å²) in [6.07, 6.45) is 7.50. The second-order valence-electron chi connectivity index (χ2n) is 2.66. The zero-order chi connectivity index (χ0) is 8.95. The second-order valence-corrected chi connectivity index (χ2v) is 2.66. The van der Waals surface area contributed by atoms with E-state index in [4.69, 9.17) is 0 Å². The Kier molecular flexibility index (Phi) is 77.9. The molecule has 0 saturated heterocycles. The van der Waals surface area contributed by atoms with Crippen LogP contribution in [0.1, 0.15) is 32.1 Å². The van der Waals surface area contributed by atoms with Crippen molar-refractivity contribution in [3.05, 3.63) is 25.5 Å². The van der Waals surface area contributed by atoms with Crippen LogP contribution < -0.4 is 0 Å². The molecule has 0 aromatic carbocycles. The summed E-state index contributed by atoms with van der Waals surface area (Å²) in [5.41, 5.74) is 0. The Hall–Kier alpha value is 0.803. The molecule has 0 bridgehead atoms. The van der Waals surface area contributed by atoms with Gasteiger partial charge in [-0.1, -0.05) is 32.1 Å². The van der Waals surface area contributed by atoms with Crippen molar-refractivity contribution in [1.29, 1.82) is 0 Å². The maximum atomic E-state index is 3.50. The van der Waals surface area contributed by atoms with Crippen LogP contribution in [0.3, 0.4) is 0 Å². The van der Waals surface area contributed by atoms with Gasteiger partial charge in [0.05, 0.1) is 0 Å². The predicted molar refractivity (Wildman–Crippen MR) is 66.3 cm³/mol. The molecular formula is C11H28N2Zr. The third-order valence-electron chi connectivity index (χ3n) is 1.25. The topological polar surface area (TPSA) is 28.2 Å². The first-order valence-corrected chi connectivity index (χ1v) is 4.29. The van der Waals surface area contributed by atoms with Crippen LogP contribution in [0.5, 0.6) is 0 Å². The third-order valence-corrected chi connectivity index (χ3v) is 1.25. The van der Waals surface area contributed by atoms with Gasteiger partial charge < -0.3 is 25.5 Å². The summed E-state index contributed by atoms with van der Waals surface area (Å²) in [6.45, 7) is 0. The van der Waals surface area contributed by atoms with Crippen LogP contribution in [0.15, 0.2) is 0 Å². The van der Waals surface area contributed by atoms with E-state index < -0.39 is 0 Å². The first-order chi connectivity index (χ1) is 5.33. The summed E-state index contributed by atoms with van der Waals surface area (Å²) in [7, 11) is 7.00. The molecule has 0 aromatic rings. The smallest absolute Gasteiger partial charge is 0.668 e. The molecule has 0 radical (unpaired) electrons. The van der Waals surface area contributed by atoms with Crippen LogP contribution in [0, 0.1) is 14.9 Å². The minimum Gasteiger partial charge on any atom is -0.668 e. The predicted octanol–water partition coefficient (Wildman–Crippen LogP) is 4.09. The summed E-state index contributed by atoms with van der Waals surface area (Å²) >= 11 is 0. The van der Waals surface area contributed by atoms with E-state index in [0.29, 0.717) is 0 Å². The number of hydrogen-bond donors (Lipinski definition) is 0. The van der Waals surface area contributed by atoms with Crippen molar-refractivity contribution >= 4 is 0 Å². The first kappa shape index (κ1) is 29.3. The quantitative estimate of drug-likeness (QED) is 0.598. The van der Waals surface area contributed by atoms with Crippen LogP contribution in [0.2, 0.25) is 0 Å². The molecule has 0 aliphatic heterocycles. The first-order valence-electron chi connectivity index (χ1n) is 4.29. The van der Waals surface area contributed by atoms with E-state index in [1.165, 1.54) is 32.1 Å². The SMILES string of the molecule is C1CCCC1.C[N-]C.C[N-]C.[CH3-].[CH3-].[Zr+4]. The van der Waals surface area contributed by atoms with Crippen molar-refractivity contribution in [3.8, 4) is 0 Å². The van der Waals surface area contributed by atoms with Crippen LogP contribution in [0.25, 0.3) is 10.6 Å². The van der Waals surface area contributed by atoms with Gasteiger partial charge in [-0.2, -0.15) is 28.2 Å². The fourth-order valence-corrected chi connectivity index (χ4v) is 0.884. The fourth-order valence-electron chi connectivity index (χ4n) is 0.884. The van der Waals surface area contributed by atoms with E-state index >= 15 is 0 Å². The van der Waals surface area contributed by atoms with Crippen molar-refractivity contribution < 1.29 is 26.2 Å². The van der Waals surface area contributed by atoms with E-state index in [1.54, 1.807) is 28.2 Å². The fraction of sp³-hybridized carbons (Fsp3) is 0.818. The molecule has 0 N–H and O–H groups in total. The van der Waals surface area contributed by atoms with Gasteiger partial charge in [0.15, 0.2) is 0 Å². The van der Waals surface area contributed by atoms with E-state index in [9.17, 15) is 0 Å². The van der Waals surface area contributed by atoms with Crippen molar-refractivity contribution in [2.75, 3.05) is 28.2 Å². The molecule has 1 saturated carbocycles. The minimum atomic E-state index is 0. The van der Waals surface area contributed by atoms with Crippen LogP contribution in [-0.4, -0.2) is 28.2 Å². The maximum Gasteiger partial charge on any atom is 4.00 e. The summed E-state index contributed by atoms with van der Waals surface area (Å²) in [6, 6.07) is 0. The molecule has 1 aliphatic rings. The molecule has 0 unspecified atom stereocenters. The van der Waals surface area contributed by atoms with Gasteiger partial charge in [0.2, 0.25) is 0 Å². The van der Waals surface area contributed by atoms with Crippen LogP contribution in [-0.2, 0) is 26.2 Å². The Morgan fingerprint density at radius 3 is 0.714 bits per heavy atom. The molecular weight excluding hydrogens is 251 g/mol. The largest absolute Gasteiger partial charge is 4.00 e. The van der Waals surface area contributed by atoms with E-state index in [-0.39, 0.29) is 41.1 Å². The monoisotopic (exact) mass is 278 g/mol. The Bertz CT molecular complexity index is 38.9. The minimum absolute atomic E-state index is 0. The number of nitrogens with zero attached hydrogens (tertiary/aromatic N) is 2. The van der Waals surface area contributed by atoms with Gasteiger partial charge in [0, 0.05) is 0 Å². The van der Waals surface area contributed by atoms with Crippen LogP contribution in [0.4, 0.5) is 0 Å². The maximum absolute atomic E-state index is 3.50. The average Bonchev–Trinajstić information content (AvgIpc) is 2.44. The second kappa shape index (κ2) is 37.2. The molecule has 0 aromatic heterocycles. The molecule has 2 nitrogen and oxygen atoms in total. The van der Waals surface area contributed by atoms with E-state index in [2.05, 4.69) is 10.6 Å². The third kappa shape index (κ3) is 53.0. The van der Waals surface area contributed by atoms with Crippen LogP contribution >= 0.6 is 0 Å². The van der Waals surface area contributed by atoms with Crippen molar-refractivity contribution in [2.24, 2.45) is 0 Å². The van der Waals surface area contributed by atoms with E-state index in [1.807, 2.05) is 0 Å². The summed E-state index contributed by atoms with van der Waals surface area (Å²) < 4.78 is 0. The van der Waals surface area contributed by atoms with Crippen molar-refractivity contribution in [1.82, 2.24) is 0 Å². The molecule has 14 heavy (non-hydrogen) atoms. The summed E-state index contributed by atoms with van der Waals surface area (Å²) in [5.74, 6) is 0.